The molecule has 5 aromatic rings. The maximum Gasteiger partial charge on any atom is 0.271 e. The predicted molar refractivity (Wildman–Crippen MR) is 157 cm³/mol. The number of carbonyl (C=O) groups excluding carboxylic acids is 1. The topological polar surface area (TPSA) is 50.7 Å². The van der Waals surface area contributed by atoms with Gasteiger partial charge in [0.05, 0.1) is 5.71 Å². The van der Waals surface area contributed by atoms with Crippen LogP contribution in [0.2, 0.25) is 0 Å². The monoisotopic (exact) mass is 508 g/mol. The molecule has 0 heterocycles. The van der Waals surface area contributed by atoms with Crippen LogP contribution >= 0.6 is 0 Å². The molecule has 0 spiro atoms. The van der Waals surface area contributed by atoms with Gasteiger partial charge < -0.3 is 4.74 Å². The van der Waals surface area contributed by atoms with Crippen LogP contribution in [-0.2, 0) is 13.0 Å². The van der Waals surface area contributed by atoms with Crippen molar-refractivity contribution in [3.05, 3.63) is 149 Å². The average molecular weight is 509 g/mol. The van der Waals surface area contributed by atoms with Crippen molar-refractivity contribution in [3.8, 4) is 28.0 Å². The molecular weight excluding hydrogens is 480 g/mol. The number of para-hydroxylation sites is 1. The second-order valence-electron chi connectivity index (χ2n) is 9.69. The quantitative estimate of drug-likeness (QED) is 0.178. The van der Waals surface area contributed by atoms with Crippen LogP contribution in [0.3, 0.4) is 0 Å². The van der Waals surface area contributed by atoms with E-state index in [0.717, 1.165) is 40.1 Å². The number of carbonyl (C=O) groups is 1. The van der Waals surface area contributed by atoms with E-state index in [1.807, 2.05) is 55.5 Å². The van der Waals surface area contributed by atoms with Gasteiger partial charge in [0, 0.05) is 11.1 Å². The largest absolute Gasteiger partial charge is 0.488 e. The van der Waals surface area contributed by atoms with Crippen molar-refractivity contribution in [1.29, 1.82) is 0 Å². The van der Waals surface area contributed by atoms with Crippen molar-refractivity contribution in [2.45, 2.75) is 20.0 Å². The molecule has 5 aromatic carbocycles. The molecule has 6 rings (SSSR count). The first-order chi connectivity index (χ1) is 19.2. The highest BCUT2D eigenvalue weighted by atomic mass is 16.5. The highest BCUT2D eigenvalue weighted by molar-refractivity contribution is 6.01. The summed E-state index contributed by atoms with van der Waals surface area (Å²) in [5.74, 6) is 0.579. The zero-order valence-corrected chi connectivity index (χ0v) is 21.7. The molecule has 0 fully saturated rings. The first kappa shape index (κ1) is 24.4. The lowest BCUT2D eigenvalue weighted by Crippen LogP contribution is -2.19. The Bertz CT molecular complexity index is 1670. The van der Waals surface area contributed by atoms with Crippen LogP contribution in [0.5, 0.6) is 5.75 Å². The third-order valence-corrected chi connectivity index (χ3v) is 7.12. The molecule has 1 aliphatic carbocycles. The van der Waals surface area contributed by atoms with Crippen molar-refractivity contribution in [1.82, 2.24) is 5.43 Å². The Kier molecular flexibility index (Phi) is 6.75. The van der Waals surface area contributed by atoms with Crippen LogP contribution < -0.4 is 10.2 Å². The van der Waals surface area contributed by atoms with Crippen molar-refractivity contribution in [2.24, 2.45) is 5.10 Å². The van der Waals surface area contributed by atoms with E-state index in [0.29, 0.717) is 12.2 Å². The summed E-state index contributed by atoms with van der Waals surface area (Å²) in [4.78, 5) is 12.8. The summed E-state index contributed by atoms with van der Waals surface area (Å²) in [6.45, 7) is 2.32. The van der Waals surface area contributed by atoms with Gasteiger partial charge in [-0.3, -0.25) is 4.79 Å². The Hall–Kier alpha value is -4.96. The molecule has 0 aromatic heterocycles. The van der Waals surface area contributed by atoms with Crippen LogP contribution in [0.4, 0.5) is 0 Å². The maximum atomic E-state index is 12.8. The number of rotatable bonds is 7. The minimum absolute atomic E-state index is 0.246. The van der Waals surface area contributed by atoms with E-state index in [9.17, 15) is 4.79 Å². The number of benzene rings is 5. The van der Waals surface area contributed by atoms with Gasteiger partial charge in [-0.1, -0.05) is 97.1 Å². The second-order valence-corrected chi connectivity index (χ2v) is 9.69. The molecule has 0 aliphatic heterocycles. The summed E-state index contributed by atoms with van der Waals surface area (Å²) >= 11 is 0. The van der Waals surface area contributed by atoms with Crippen molar-refractivity contribution in [2.75, 3.05) is 0 Å². The van der Waals surface area contributed by atoms with Crippen LogP contribution in [-0.4, -0.2) is 11.6 Å². The molecular formula is C35H28N2O2. The van der Waals surface area contributed by atoms with E-state index in [2.05, 4.69) is 71.2 Å². The van der Waals surface area contributed by atoms with Gasteiger partial charge in [0.25, 0.3) is 5.91 Å². The zero-order valence-electron chi connectivity index (χ0n) is 21.7. The first-order valence-electron chi connectivity index (χ1n) is 13.1. The predicted octanol–water partition coefficient (Wildman–Crippen LogP) is 7.66. The summed E-state index contributed by atoms with van der Waals surface area (Å²) in [7, 11) is 0. The van der Waals surface area contributed by atoms with Crippen LogP contribution in [0.25, 0.3) is 22.3 Å². The number of hydrazone groups is 1. The van der Waals surface area contributed by atoms with E-state index in [1.165, 1.54) is 22.3 Å². The third kappa shape index (κ3) is 5.23. The molecule has 4 heteroatoms. The smallest absolute Gasteiger partial charge is 0.271 e. The molecule has 1 N–H and O–H groups in total. The number of ether oxygens (including phenoxy) is 1. The van der Waals surface area contributed by atoms with E-state index in [-0.39, 0.29) is 5.91 Å². The number of nitrogens with zero attached hydrogens (tertiary/aromatic N) is 1. The number of hydrogen-bond acceptors (Lipinski definition) is 3. The third-order valence-electron chi connectivity index (χ3n) is 7.12. The van der Waals surface area contributed by atoms with Crippen LogP contribution in [0.1, 0.15) is 39.5 Å². The molecule has 0 atom stereocenters. The van der Waals surface area contributed by atoms with Gasteiger partial charge in [-0.2, -0.15) is 5.10 Å². The van der Waals surface area contributed by atoms with Gasteiger partial charge in [-0.05, 0) is 76.6 Å². The van der Waals surface area contributed by atoms with Crippen LogP contribution in [0.15, 0.2) is 126 Å². The van der Waals surface area contributed by atoms with Crippen molar-refractivity contribution >= 4 is 11.6 Å². The number of fused-ring (bicyclic) bond motifs is 3. The molecule has 1 aliphatic rings. The van der Waals surface area contributed by atoms with Gasteiger partial charge in [0.1, 0.15) is 12.4 Å². The SMILES string of the molecule is CC(=NNC(=O)c1ccc(COc2ccccc2-c2ccccc2)cc1)c1ccc2c(c1)Cc1ccccc1-2. The Morgan fingerprint density at radius 2 is 1.38 bits per heavy atom. The van der Waals surface area contributed by atoms with E-state index >= 15 is 0 Å². The molecule has 0 radical (unpaired) electrons. The summed E-state index contributed by atoms with van der Waals surface area (Å²) < 4.78 is 6.14. The van der Waals surface area contributed by atoms with Crippen molar-refractivity contribution < 1.29 is 9.53 Å². The summed E-state index contributed by atoms with van der Waals surface area (Å²) in [5.41, 5.74) is 13.4. The molecule has 0 saturated heterocycles. The lowest BCUT2D eigenvalue weighted by atomic mass is 10.0. The molecule has 0 saturated carbocycles. The van der Waals surface area contributed by atoms with E-state index < -0.39 is 0 Å². The Balaban J connectivity index is 1.08. The fourth-order valence-corrected chi connectivity index (χ4v) is 5.00. The molecule has 4 nitrogen and oxygen atoms in total. The summed E-state index contributed by atoms with van der Waals surface area (Å²) in [6, 6.07) is 40.5. The number of nitrogens with one attached hydrogen (secondary N) is 1. The minimum Gasteiger partial charge on any atom is -0.488 e. The Morgan fingerprint density at radius 3 is 2.21 bits per heavy atom. The van der Waals surface area contributed by atoms with E-state index in [1.54, 1.807) is 12.1 Å². The number of amides is 1. The maximum absolute atomic E-state index is 12.8. The van der Waals surface area contributed by atoms with Gasteiger partial charge in [0.2, 0.25) is 0 Å². The van der Waals surface area contributed by atoms with Crippen molar-refractivity contribution in [3.63, 3.8) is 0 Å². The average Bonchev–Trinajstić information content (AvgIpc) is 3.37. The normalized spacial score (nSPS) is 12.0. The molecule has 0 unspecified atom stereocenters. The standard InChI is InChI=1S/C35H28N2O2/c1-24(28-19-20-32-30(21-28)22-29-11-5-6-12-31(29)32)36-37-35(38)27-17-15-25(16-18-27)23-39-34-14-8-7-13-33(34)26-9-3-2-4-10-26/h2-21H,22-23H2,1H3,(H,37,38). The lowest BCUT2D eigenvalue weighted by molar-refractivity contribution is 0.0954. The fourth-order valence-electron chi connectivity index (χ4n) is 5.00. The highest BCUT2D eigenvalue weighted by Crippen LogP contribution is 2.36. The van der Waals surface area contributed by atoms with E-state index in [4.69, 9.17) is 4.74 Å². The highest BCUT2D eigenvalue weighted by Gasteiger charge is 2.18. The Labute approximate surface area is 228 Å². The van der Waals surface area contributed by atoms with Crippen LogP contribution in [0, 0.1) is 0 Å². The summed E-state index contributed by atoms with van der Waals surface area (Å²) in [5, 5.41) is 4.37. The summed E-state index contributed by atoms with van der Waals surface area (Å²) in [6.07, 6.45) is 0.924. The second kappa shape index (κ2) is 10.8. The van der Waals surface area contributed by atoms with Gasteiger partial charge in [0.15, 0.2) is 0 Å². The first-order valence-corrected chi connectivity index (χ1v) is 13.1. The minimum atomic E-state index is -0.246. The molecule has 1 amide bonds. The molecule has 190 valence electrons. The Morgan fingerprint density at radius 1 is 0.718 bits per heavy atom. The van der Waals surface area contributed by atoms with Gasteiger partial charge in [-0.25, -0.2) is 5.43 Å². The molecule has 0 bridgehead atoms. The lowest BCUT2D eigenvalue weighted by Gasteiger charge is -2.12. The zero-order chi connectivity index (χ0) is 26.6. The van der Waals surface area contributed by atoms with Gasteiger partial charge in [-0.15, -0.1) is 0 Å². The fraction of sp³-hybridized carbons (Fsp3) is 0.0857. The van der Waals surface area contributed by atoms with Gasteiger partial charge >= 0.3 is 0 Å². The number of hydrogen-bond donors (Lipinski definition) is 1. The molecule has 39 heavy (non-hydrogen) atoms.